The molecule has 3 heterocycles. The Bertz CT molecular complexity index is 324. The zero-order valence-corrected chi connectivity index (χ0v) is 14.2. The Morgan fingerprint density at radius 3 is 2.68 bits per heavy atom. The Morgan fingerprint density at radius 2 is 1.95 bits per heavy atom. The van der Waals surface area contributed by atoms with Gasteiger partial charge < -0.3 is 14.2 Å². The molecule has 0 unspecified atom stereocenters. The Hall–Kier alpha value is -0.160. The van der Waals surface area contributed by atoms with Gasteiger partial charge in [0.2, 0.25) is 0 Å². The zero-order valence-electron chi connectivity index (χ0n) is 14.2. The highest BCUT2D eigenvalue weighted by Crippen LogP contribution is 2.31. The van der Waals surface area contributed by atoms with Crippen molar-refractivity contribution in [1.82, 2.24) is 4.90 Å². The summed E-state index contributed by atoms with van der Waals surface area (Å²) in [6.07, 6.45) is 9.20. The number of nitrogens with zero attached hydrogens (tertiary/aromatic N) is 1. The highest BCUT2D eigenvalue weighted by molar-refractivity contribution is 4.93. The van der Waals surface area contributed by atoms with Crippen LogP contribution in [0, 0.1) is 5.92 Å². The third kappa shape index (κ3) is 4.44. The Morgan fingerprint density at radius 1 is 1.09 bits per heavy atom. The van der Waals surface area contributed by atoms with Crippen LogP contribution in [0.2, 0.25) is 0 Å². The maximum Gasteiger partial charge on any atom is 0.107 e. The molecule has 0 saturated carbocycles. The molecule has 128 valence electrons. The van der Waals surface area contributed by atoms with Gasteiger partial charge in [-0.05, 0) is 38.1 Å². The van der Waals surface area contributed by atoms with E-state index < -0.39 is 0 Å². The van der Waals surface area contributed by atoms with Gasteiger partial charge in [0.05, 0.1) is 12.7 Å². The average molecular weight is 311 g/mol. The second-order valence-electron chi connectivity index (χ2n) is 7.42. The quantitative estimate of drug-likeness (QED) is 0.706. The summed E-state index contributed by atoms with van der Waals surface area (Å²) in [4.78, 5) is 2.64. The van der Waals surface area contributed by atoms with Gasteiger partial charge in [0.1, 0.15) is 5.60 Å². The van der Waals surface area contributed by atoms with Crippen LogP contribution in [-0.4, -0.2) is 62.7 Å². The van der Waals surface area contributed by atoms with E-state index in [1.807, 2.05) is 0 Å². The molecule has 1 spiro atoms. The van der Waals surface area contributed by atoms with Crippen molar-refractivity contribution in [3.63, 3.8) is 0 Å². The lowest BCUT2D eigenvalue weighted by Gasteiger charge is -2.43. The monoisotopic (exact) mass is 311 g/mol. The minimum absolute atomic E-state index is 0.000362. The molecule has 0 amide bonds. The SMILES string of the molecule is CC[C@@H]1CN(CCCCC2CCOCC2)C[C@@]2(CCOC2)O1. The third-order valence-corrected chi connectivity index (χ3v) is 5.59. The standard InChI is InChI=1S/C18H33NO3/c1-2-17-13-19(14-18(22-17)8-12-21-15-18)9-4-3-5-16-6-10-20-11-7-16/h16-17H,2-15H2,1H3/t17-,18-/m1/s1. The Labute approximate surface area is 135 Å². The van der Waals surface area contributed by atoms with Crippen LogP contribution in [0.15, 0.2) is 0 Å². The van der Waals surface area contributed by atoms with Gasteiger partial charge in [0.25, 0.3) is 0 Å². The molecular formula is C18H33NO3. The second-order valence-corrected chi connectivity index (χ2v) is 7.42. The van der Waals surface area contributed by atoms with E-state index in [1.54, 1.807) is 0 Å². The van der Waals surface area contributed by atoms with Crippen molar-refractivity contribution in [3.8, 4) is 0 Å². The summed E-state index contributed by atoms with van der Waals surface area (Å²) in [5.74, 6) is 0.913. The fourth-order valence-corrected chi connectivity index (χ4v) is 4.18. The number of hydrogen-bond acceptors (Lipinski definition) is 4. The first kappa shape index (κ1) is 16.7. The first-order valence-corrected chi connectivity index (χ1v) is 9.35. The van der Waals surface area contributed by atoms with Gasteiger partial charge in [-0.1, -0.05) is 19.8 Å². The van der Waals surface area contributed by atoms with Crippen molar-refractivity contribution < 1.29 is 14.2 Å². The predicted octanol–water partition coefficient (Wildman–Crippen LogP) is 2.85. The summed E-state index contributed by atoms with van der Waals surface area (Å²) >= 11 is 0. The average Bonchev–Trinajstić information content (AvgIpc) is 2.99. The van der Waals surface area contributed by atoms with Crippen molar-refractivity contribution in [3.05, 3.63) is 0 Å². The molecule has 3 aliphatic heterocycles. The number of rotatable bonds is 6. The first-order valence-electron chi connectivity index (χ1n) is 9.35. The Balaban J connectivity index is 1.39. The van der Waals surface area contributed by atoms with Crippen LogP contribution in [0.3, 0.4) is 0 Å². The molecule has 3 rings (SSSR count). The third-order valence-electron chi connectivity index (χ3n) is 5.59. The van der Waals surface area contributed by atoms with E-state index in [9.17, 15) is 0 Å². The van der Waals surface area contributed by atoms with E-state index in [4.69, 9.17) is 14.2 Å². The smallest absolute Gasteiger partial charge is 0.107 e. The molecule has 0 radical (unpaired) electrons. The molecule has 2 atom stereocenters. The number of hydrogen-bond donors (Lipinski definition) is 0. The molecule has 0 aromatic heterocycles. The van der Waals surface area contributed by atoms with Crippen LogP contribution in [0.25, 0.3) is 0 Å². The fraction of sp³-hybridized carbons (Fsp3) is 1.00. The van der Waals surface area contributed by atoms with Crippen molar-refractivity contribution in [1.29, 1.82) is 0 Å². The van der Waals surface area contributed by atoms with Crippen molar-refractivity contribution >= 4 is 0 Å². The van der Waals surface area contributed by atoms with Crippen LogP contribution in [-0.2, 0) is 14.2 Å². The molecule has 0 bridgehead atoms. The lowest BCUT2D eigenvalue weighted by Crippen LogP contribution is -2.56. The summed E-state index contributed by atoms with van der Waals surface area (Å²) in [5, 5.41) is 0. The molecule has 3 saturated heterocycles. The lowest BCUT2D eigenvalue weighted by atomic mass is 9.94. The van der Waals surface area contributed by atoms with E-state index in [0.717, 1.165) is 58.3 Å². The van der Waals surface area contributed by atoms with Crippen LogP contribution < -0.4 is 0 Å². The molecular weight excluding hydrogens is 278 g/mol. The summed E-state index contributed by atoms with van der Waals surface area (Å²) in [7, 11) is 0. The molecule has 3 fully saturated rings. The highest BCUT2D eigenvalue weighted by Gasteiger charge is 2.43. The van der Waals surface area contributed by atoms with Gasteiger partial charge in [-0.2, -0.15) is 0 Å². The zero-order chi connectivity index (χ0) is 15.3. The normalized spacial score (nSPS) is 34.5. The van der Waals surface area contributed by atoms with E-state index in [2.05, 4.69) is 11.8 Å². The van der Waals surface area contributed by atoms with Gasteiger partial charge in [-0.25, -0.2) is 0 Å². The van der Waals surface area contributed by atoms with Crippen molar-refractivity contribution in [2.24, 2.45) is 5.92 Å². The van der Waals surface area contributed by atoms with Crippen LogP contribution in [0.5, 0.6) is 0 Å². The van der Waals surface area contributed by atoms with Gasteiger partial charge in [-0.3, -0.25) is 4.90 Å². The number of morpholine rings is 1. The lowest BCUT2D eigenvalue weighted by molar-refractivity contribution is -0.154. The maximum atomic E-state index is 6.34. The van der Waals surface area contributed by atoms with Crippen molar-refractivity contribution in [2.75, 3.05) is 46.1 Å². The van der Waals surface area contributed by atoms with E-state index >= 15 is 0 Å². The molecule has 0 aromatic rings. The summed E-state index contributed by atoms with van der Waals surface area (Å²) in [6.45, 7) is 9.27. The fourth-order valence-electron chi connectivity index (χ4n) is 4.18. The highest BCUT2D eigenvalue weighted by atomic mass is 16.6. The topological polar surface area (TPSA) is 30.9 Å². The van der Waals surface area contributed by atoms with Gasteiger partial charge in [-0.15, -0.1) is 0 Å². The molecule has 3 aliphatic rings. The number of ether oxygens (including phenoxy) is 3. The van der Waals surface area contributed by atoms with Gasteiger partial charge in [0.15, 0.2) is 0 Å². The van der Waals surface area contributed by atoms with Gasteiger partial charge >= 0.3 is 0 Å². The molecule has 22 heavy (non-hydrogen) atoms. The second kappa shape index (κ2) is 8.09. The van der Waals surface area contributed by atoms with E-state index in [0.29, 0.717) is 6.10 Å². The summed E-state index contributed by atoms with van der Waals surface area (Å²) in [5.41, 5.74) is -0.000362. The minimum atomic E-state index is -0.000362. The van der Waals surface area contributed by atoms with E-state index in [1.165, 1.54) is 38.6 Å². The molecule has 4 heteroatoms. The van der Waals surface area contributed by atoms with Crippen LogP contribution >= 0.6 is 0 Å². The van der Waals surface area contributed by atoms with Gasteiger partial charge in [0, 0.05) is 39.3 Å². The first-order chi connectivity index (χ1) is 10.8. The maximum absolute atomic E-state index is 6.34. The predicted molar refractivity (Wildman–Crippen MR) is 87.2 cm³/mol. The number of unbranched alkanes of at least 4 members (excludes halogenated alkanes) is 1. The van der Waals surface area contributed by atoms with E-state index in [-0.39, 0.29) is 5.60 Å². The summed E-state index contributed by atoms with van der Waals surface area (Å²) in [6, 6.07) is 0. The minimum Gasteiger partial charge on any atom is -0.381 e. The van der Waals surface area contributed by atoms with Crippen LogP contribution in [0.1, 0.15) is 51.9 Å². The Kier molecular flexibility index (Phi) is 6.14. The van der Waals surface area contributed by atoms with Crippen LogP contribution in [0.4, 0.5) is 0 Å². The summed E-state index contributed by atoms with van der Waals surface area (Å²) < 4.78 is 17.4. The van der Waals surface area contributed by atoms with Crippen molar-refractivity contribution in [2.45, 2.75) is 63.6 Å². The molecule has 0 aromatic carbocycles. The molecule has 0 aliphatic carbocycles. The molecule has 0 N–H and O–H groups in total. The molecule has 4 nitrogen and oxygen atoms in total. The largest absolute Gasteiger partial charge is 0.381 e.